The molecule has 3 aromatic heterocycles. The average molecular weight is 427 g/mol. The number of anilines is 1. The van der Waals surface area contributed by atoms with E-state index in [1.807, 2.05) is 35.9 Å². The third kappa shape index (κ3) is 4.27. The van der Waals surface area contributed by atoms with Crippen molar-refractivity contribution in [3.8, 4) is 22.5 Å². The Kier molecular flexibility index (Phi) is 5.23. The molecule has 0 spiro atoms. The van der Waals surface area contributed by atoms with E-state index in [-0.39, 0.29) is 11.6 Å². The van der Waals surface area contributed by atoms with Crippen LogP contribution >= 0.6 is 0 Å². The van der Waals surface area contributed by atoms with Crippen LogP contribution < -0.4 is 5.32 Å². The first-order valence-corrected chi connectivity index (χ1v) is 10.6. The van der Waals surface area contributed by atoms with E-state index in [1.54, 1.807) is 36.9 Å². The molecule has 6 nitrogen and oxygen atoms in total. The number of aromatic nitrogens is 4. The van der Waals surface area contributed by atoms with Crippen molar-refractivity contribution in [3.63, 3.8) is 0 Å². The van der Waals surface area contributed by atoms with E-state index in [0.29, 0.717) is 17.4 Å². The maximum absolute atomic E-state index is 14.3. The van der Waals surface area contributed by atoms with Crippen molar-refractivity contribution < 1.29 is 9.18 Å². The summed E-state index contributed by atoms with van der Waals surface area (Å²) in [6, 6.07) is 10.3. The van der Waals surface area contributed by atoms with Crippen molar-refractivity contribution in [1.29, 1.82) is 0 Å². The van der Waals surface area contributed by atoms with Crippen molar-refractivity contribution in [3.05, 3.63) is 84.5 Å². The van der Waals surface area contributed by atoms with Crippen LogP contribution in [0, 0.1) is 18.7 Å². The van der Waals surface area contributed by atoms with E-state index in [4.69, 9.17) is 0 Å². The van der Waals surface area contributed by atoms with Gasteiger partial charge in [0.05, 0.1) is 5.69 Å². The maximum Gasteiger partial charge on any atom is 0.272 e. The molecule has 0 unspecified atom stereocenters. The minimum absolute atomic E-state index is 0.172. The van der Waals surface area contributed by atoms with Crippen LogP contribution in [0.15, 0.2) is 67.4 Å². The second-order valence-electron chi connectivity index (χ2n) is 8.18. The van der Waals surface area contributed by atoms with Crippen molar-refractivity contribution >= 4 is 11.6 Å². The number of nitrogens with one attached hydrogen (secondary N) is 1. The number of hydrogen-bond acceptors (Lipinski definition) is 4. The molecule has 3 heterocycles. The van der Waals surface area contributed by atoms with Crippen molar-refractivity contribution in [2.75, 3.05) is 5.32 Å². The Balaban J connectivity index is 1.43. The molecule has 32 heavy (non-hydrogen) atoms. The molecule has 1 saturated carbocycles. The molecule has 0 saturated heterocycles. The normalized spacial score (nSPS) is 13.2. The minimum Gasteiger partial charge on any atom is -0.343 e. The van der Waals surface area contributed by atoms with Crippen LogP contribution in [0.4, 0.5) is 10.1 Å². The Morgan fingerprint density at radius 1 is 1.09 bits per heavy atom. The van der Waals surface area contributed by atoms with Gasteiger partial charge in [0.1, 0.15) is 11.5 Å². The predicted octanol–water partition coefficient (Wildman–Crippen LogP) is 5.12. The molecule has 1 aliphatic carbocycles. The summed E-state index contributed by atoms with van der Waals surface area (Å²) in [6.07, 6.45) is 11.2. The lowest BCUT2D eigenvalue weighted by atomic mass is 10.1. The van der Waals surface area contributed by atoms with Crippen molar-refractivity contribution in [2.45, 2.75) is 26.3 Å². The van der Waals surface area contributed by atoms with Crippen LogP contribution in [0.5, 0.6) is 0 Å². The summed E-state index contributed by atoms with van der Waals surface area (Å²) in [4.78, 5) is 26.0. The number of halogens is 1. The number of carbonyl (C=O) groups is 1. The van der Waals surface area contributed by atoms with Gasteiger partial charge in [-0.25, -0.2) is 14.4 Å². The number of rotatable bonds is 6. The van der Waals surface area contributed by atoms with Crippen LogP contribution in [0.3, 0.4) is 0 Å². The Morgan fingerprint density at radius 3 is 2.59 bits per heavy atom. The fraction of sp³-hybridized carbons (Fsp3) is 0.200. The van der Waals surface area contributed by atoms with E-state index in [0.717, 1.165) is 41.6 Å². The Labute approximate surface area is 185 Å². The van der Waals surface area contributed by atoms with Gasteiger partial charge in [-0.15, -0.1) is 0 Å². The van der Waals surface area contributed by atoms with E-state index < -0.39 is 5.82 Å². The number of nitrogens with zero attached hydrogens (tertiary/aromatic N) is 4. The first-order valence-electron chi connectivity index (χ1n) is 10.6. The van der Waals surface area contributed by atoms with Gasteiger partial charge in [0.2, 0.25) is 0 Å². The average Bonchev–Trinajstić information content (AvgIpc) is 3.52. The topological polar surface area (TPSA) is 72.7 Å². The molecule has 1 fully saturated rings. The molecule has 1 amide bonds. The zero-order chi connectivity index (χ0) is 22.1. The number of carbonyl (C=O) groups excluding carboxylic acids is 1. The summed E-state index contributed by atoms with van der Waals surface area (Å²) in [7, 11) is 0. The summed E-state index contributed by atoms with van der Waals surface area (Å²) in [5.41, 5.74) is 3.95. The third-order valence-corrected chi connectivity index (χ3v) is 5.56. The molecule has 5 rings (SSSR count). The zero-order valence-corrected chi connectivity index (χ0v) is 17.6. The van der Waals surface area contributed by atoms with E-state index in [1.165, 1.54) is 6.07 Å². The van der Waals surface area contributed by atoms with Gasteiger partial charge >= 0.3 is 0 Å². The molecular weight excluding hydrogens is 405 g/mol. The van der Waals surface area contributed by atoms with Gasteiger partial charge in [0, 0.05) is 54.2 Å². The SMILES string of the molecule is Cc1ccc(NC(=O)c2cc(-c3cnc(-c4cccnc4)nc3)cn2CC2CC2)c(F)c1. The smallest absolute Gasteiger partial charge is 0.272 e. The largest absolute Gasteiger partial charge is 0.343 e. The first kappa shape index (κ1) is 20.1. The third-order valence-electron chi connectivity index (χ3n) is 5.56. The Bertz CT molecular complexity index is 1260. The highest BCUT2D eigenvalue weighted by molar-refractivity contribution is 6.04. The molecule has 1 N–H and O–H groups in total. The molecule has 0 atom stereocenters. The molecule has 160 valence electrons. The summed E-state index contributed by atoms with van der Waals surface area (Å²) < 4.78 is 16.2. The summed E-state index contributed by atoms with van der Waals surface area (Å²) in [5.74, 6) is 0.375. The number of benzene rings is 1. The maximum atomic E-state index is 14.3. The lowest BCUT2D eigenvalue weighted by Crippen LogP contribution is -2.18. The van der Waals surface area contributed by atoms with Crippen molar-refractivity contribution in [2.24, 2.45) is 5.92 Å². The van der Waals surface area contributed by atoms with E-state index in [9.17, 15) is 9.18 Å². The Morgan fingerprint density at radius 2 is 1.91 bits per heavy atom. The highest BCUT2D eigenvalue weighted by Gasteiger charge is 2.25. The lowest BCUT2D eigenvalue weighted by molar-refractivity contribution is 0.101. The number of hydrogen-bond donors (Lipinski definition) is 1. The van der Waals surface area contributed by atoms with E-state index in [2.05, 4.69) is 20.3 Å². The number of amides is 1. The second-order valence-corrected chi connectivity index (χ2v) is 8.18. The molecule has 0 radical (unpaired) electrons. The molecule has 7 heteroatoms. The van der Waals surface area contributed by atoms with Gasteiger partial charge in [-0.2, -0.15) is 0 Å². The summed E-state index contributed by atoms with van der Waals surface area (Å²) in [6.45, 7) is 2.57. The van der Waals surface area contributed by atoms with Gasteiger partial charge in [-0.1, -0.05) is 6.07 Å². The summed E-state index contributed by atoms with van der Waals surface area (Å²) in [5, 5.41) is 2.71. The van der Waals surface area contributed by atoms with Crippen molar-refractivity contribution in [1.82, 2.24) is 19.5 Å². The van der Waals surface area contributed by atoms with Crippen LogP contribution in [0.2, 0.25) is 0 Å². The summed E-state index contributed by atoms with van der Waals surface area (Å²) >= 11 is 0. The standard InChI is InChI=1S/C25H22FN5O/c1-16-4-7-22(21(26)9-16)30-25(32)23-10-19(15-31(23)14-17-5-6-17)20-12-28-24(29-13-20)18-3-2-8-27-11-18/h2-4,7-13,15,17H,5-6,14H2,1H3,(H,30,32). The Hall–Kier alpha value is -3.87. The molecule has 1 aliphatic rings. The number of pyridine rings is 1. The van der Waals surface area contributed by atoms with Crippen LogP contribution in [0.25, 0.3) is 22.5 Å². The fourth-order valence-electron chi connectivity index (χ4n) is 3.62. The van der Waals surface area contributed by atoms with E-state index >= 15 is 0 Å². The van der Waals surface area contributed by atoms with Crippen LogP contribution in [-0.2, 0) is 6.54 Å². The minimum atomic E-state index is -0.446. The van der Waals surface area contributed by atoms with Gasteiger partial charge < -0.3 is 9.88 Å². The molecular formula is C25H22FN5O. The highest BCUT2D eigenvalue weighted by Crippen LogP contribution is 2.33. The molecule has 0 bridgehead atoms. The van der Waals surface area contributed by atoms with Crippen LogP contribution in [-0.4, -0.2) is 25.4 Å². The molecule has 0 aliphatic heterocycles. The second kappa shape index (κ2) is 8.34. The predicted molar refractivity (Wildman–Crippen MR) is 121 cm³/mol. The zero-order valence-electron chi connectivity index (χ0n) is 17.6. The molecule has 4 aromatic rings. The first-order chi connectivity index (χ1) is 15.6. The molecule has 1 aromatic carbocycles. The van der Waals surface area contributed by atoms with Gasteiger partial charge in [-0.05, 0) is 61.6 Å². The van der Waals surface area contributed by atoms with Gasteiger partial charge in [-0.3, -0.25) is 9.78 Å². The lowest BCUT2D eigenvalue weighted by Gasteiger charge is -2.10. The number of aryl methyl sites for hydroxylation is 1. The van der Waals surface area contributed by atoms with Gasteiger partial charge in [0.25, 0.3) is 5.91 Å². The monoisotopic (exact) mass is 427 g/mol. The van der Waals surface area contributed by atoms with Crippen LogP contribution in [0.1, 0.15) is 28.9 Å². The van der Waals surface area contributed by atoms with Gasteiger partial charge in [0.15, 0.2) is 5.82 Å². The quantitative estimate of drug-likeness (QED) is 0.464. The highest BCUT2D eigenvalue weighted by atomic mass is 19.1. The fourth-order valence-corrected chi connectivity index (χ4v) is 3.62.